The van der Waals surface area contributed by atoms with Gasteiger partial charge < -0.3 is 73.4 Å². The fraction of sp³-hybridized carbons (Fsp3) is 0.530. The molecular weight excluding hydrogens is 1750 g/mol. The molecule has 15 atom stereocenters. The molecule has 0 radical (unpaired) electrons. The monoisotopic (exact) mass is 1820 g/mol. The number of imidazole rings is 5. The van der Waals surface area contributed by atoms with E-state index in [-0.39, 0.29) is 157 Å². The van der Waals surface area contributed by atoms with Crippen molar-refractivity contribution in [2.75, 3.05) is 18.2 Å². The van der Waals surface area contributed by atoms with Gasteiger partial charge in [0.25, 0.3) is 0 Å². The number of carboxylic acids is 1. The number of hydrogen-bond acceptors (Lipinski definition) is 34. The predicted molar refractivity (Wildman–Crippen MR) is 416 cm³/mol. The molecule has 0 amide bonds. The summed E-state index contributed by atoms with van der Waals surface area (Å²) in [5.74, 6) is -2.80. The van der Waals surface area contributed by atoms with Crippen LogP contribution in [0.4, 0.5) is 5.82 Å². The summed E-state index contributed by atoms with van der Waals surface area (Å²) in [7, 11) is 0. The van der Waals surface area contributed by atoms with Gasteiger partial charge in [-0.3, -0.25) is 47.0 Å². The number of nitrogens with two attached hydrogens (primary N) is 1. The van der Waals surface area contributed by atoms with E-state index in [1.807, 2.05) is 27.7 Å². The number of nitrogens with one attached hydrogen (secondary N) is 1. The first-order valence-corrected chi connectivity index (χ1v) is 39.1. The second-order valence-electron chi connectivity index (χ2n) is 25.3. The highest BCUT2D eigenvalue weighted by Gasteiger charge is 2.43. The average molecular weight is 1820 g/mol. The Morgan fingerprint density at radius 2 is 0.750 bits per heavy atom. The molecule has 5 aliphatic heterocycles. The van der Waals surface area contributed by atoms with Crippen LogP contribution < -0.4 is 5.73 Å². The maximum Gasteiger partial charge on any atom is 0.318 e. The molecule has 0 bridgehead atoms. The van der Waals surface area contributed by atoms with Gasteiger partial charge in [0.15, 0.2) is 54.7 Å². The third-order valence-corrected chi connectivity index (χ3v) is 19.5. The number of carbonyl (C=O) groups is 6. The number of halogens is 10. The minimum Gasteiger partial charge on any atom is -0.480 e. The number of fused-ring (bicyclic) bond motifs is 5. The fourth-order valence-corrected chi connectivity index (χ4v) is 14.4. The van der Waals surface area contributed by atoms with Gasteiger partial charge in [0.2, 0.25) is 32.7 Å². The molecule has 5 aliphatic rings. The molecule has 6 unspecified atom stereocenters. The molecular formula is C66H75Cl10N21O19. The number of carbonyl (C=O) groups excluding carboxylic acids is 5. The standard InChI is InChI=1S/3C13H14Cl2N4O3.C10H12ClN5O3.C10H16O5.C5H2Cl2N4.C2H3ClO2/c3*1-3-7-8(21-6(2)20)4-9(22-7)19-5-16-10-11(14)17-13(15)18-12(10)19;11-10-14-8(12)7-9(15-10)16(3-13-7)6-1-4(18)5(2-17)19-6;1-4-8-9(13-6(2)11)5-10(15-8)14-7(3)12;6-3-2-4(9-1-8-2)11-5(7)10-3;3-1-2(4)5/h3*5,7-9H,3-4H2,1-2H3;3-6,17-18H,1-2H2,(H2,12,14,15);8-10H,4-5H2,1-3H3;1H,(H,8,9,10,11);1H2,(H,4,5)/t2*7-,8?,9+;7-,8?,9-;4?,5-,6+;8-,9?,10?;;/m11111../s1. The fourth-order valence-electron chi connectivity index (χ4n) is 12.5. The SMILES string of the molecule is CC[C@H]1OC(OC(C)=O)CC1OC(C)=O.CC[C@H]1O[C@@H](n2cnc3c(Cl)nc(Cl)nc32)CC1OC(C)=O.CC[C@H]1O[C@H](n2cnc3c(Cl)nc(Cl)nc32)CC1OC(C)=O.CC[C@H]1O[C@H](n2cnc3c(Cl)nc(Cl)nc32)CC1OC(C)=O.Clc1nc(Cl)c2[nH]cnc2n1.Nc1nc(Cl)nc2c1ncn2[C@@H]1CC(O)[C@@H](CO)O1.O=C(O)CCl. The van der Waals surface area contributed by atoms with E-state index in [4.69, 9.17) is 179 Å². The van der Waals surface area contributed by atoms with Gasteiger partial charge in [-0.2, -0.15) is 29.9 Å². The number of nitrogen functional groups attached to an aromatic ring is 1. The maximum atomic E-state index is 11.2. The number of hydrogen-bond donors (Lipinski definition) is 5. The molecule has 40 nitrogen and oxygen atoms in total. The molecule has 5 saturated heterocycles. The number of esters is 5. The Kier molecular flexibility index (Phi) is 33.3. The van der Waals surface area contributed by atoms with E-state index in [0.29, 0.717) is 87.9 Å². The first kappa shape index (κ1) is 91.9. The molecule has 10 aromatic heterocycles. The van der Waals surface area contributed by atoms with Gasteiger partial charge in [-0.05, 0) is 83.7 Å². The van der Waals surface area contributed by atoms with Crippen molar-refractivity contribution >= 4 is 213 Å². The first-order valence-electron chi connectivity index (χ1n) is 35.2. The van der Waals surface area contributed by atoms with Crippen molar-refractivity contribution < 1.29 is 91.5 Å². The molecule has 0 spiro atoms. The van der Waals surface area contributed by atoms with E-state index in [1.165, 1.54) is 47.3 Å². The van der Waals surface area contributed by atoms with Crippen LogP contribution in [0.15, 0.2) is 31.6 Å². The normalized spacial score (nSPS) is 23.8. The lowest BCUT2D eigenvalue weighted by molar-refractivity contribution is -0.174. The minimum atomic E-state index is -0.980. The highest BCUT2D eigenvalue weighted by Crippen LogP contribution is 2.40. The van der Waals surface area contributed by atoms with E-state index in [2.05, 4.69) is 79.7 Å². The molecule has 116 heavy (non-hydrogen) atoms. The van der Waals surface area contributed by atoms with Crippen LogP contribution in [0.2, 0.25) is 47.0 Å². The topological polar surface area (TPSA) is 510 Å². The predicted octanol–water partition coefficient (Wildman–Crippen LogP) is 11.0. The second kappa shape index (κ2) is 42.1. The van der Waals surface area contributed by atoms with E-state index in [1.54, 1.807) is 37.3 Å². The van der Waals surface area contributed by atoms with E-state index in [9.17, 15) is 33.9 Å². The number of aromatic nitrogens is 20. The van der Waals surface area contributed by atoms with Gasteiger partial charge in [0.1, 0.15) is 88.9 Å². The maximum absolute atomic E-state index is 11.2. The van der Waals surface area contributed by atoms with E-state index < -0.39 is 36.7 Å². The molecule has 5 fully saturated rings. The molecule has 10 aromatic rings. The van der Waals surface area contributed by atoms with Crippen LogP contribution in [-0.4, -0.2) is 229 Å². The number of nitrogens with zero attached hydrogens (tertiary/aromatic N) is 19. The summed E-state index contributed by atoms with van der Waals surface area (Å²) in [5, 5.41) is 27.5. The third kappa shape index (κ3) is 23.7. The lowest BCUT2D eigenvalue weighted by atomic mass is 10.1. The van der Waals surface area contributed by atoms with Gasteiger partial charge in [-0.1, -0.05) is 74.1 Å². The number of aromatic amines is 1. The Hall–Kier alpha value is -8.01. The Morgan fingerprint density at radius 3 is 1.09 bits per heavy atom. The van der Waals surface area contributed by atoms with Crippen molar-refractivity contribution in [3.63, 3.8) is 0 Å². The molecule has 15 rings (SSSR count). The molecule has 50 heteroatoms. The van der Waals surface area contributed by atoms with Crippen molar-refractivity contribution in [3.05, 3.63) is 78.7 Å². The number of anilines is 1. The zero-order valence-corrected chi connectivity index (χ0v) is 70.1. The first-order chi connectivity index (χ1) is 55.1. The van der Waals surface area contributed by atoms with Crippen molar-refractivity contribution in [1.82, 2.24) is 98.0 Å². The summed E-state index contributed by atoms with van der Waals surface area (Å²) >= 11 is 57.3. The molecule has 0 aromatic carbocycles. The number of aliphatic hydroxyl groups is 2. The number of carboxylic acid groups (broad SMARTS) is 1. The lowest BCUT2D eigenvalue weighted by Crippen LogP contribution is -2.25. The van der Waals surface area contributed by atoms with Gasteiger partial charge >= 0.3 is 35.8 Å². The quantitative estimate of drug-likeness (QED) is 0.0209. The number of aliphatic hydroxyl groups excluding tert-OH is 2. The van der Waals surface area contributed by atoms with Gasteiger partial charge in [-0.15, -0.1) is 11.6 Å². The molecule has 0 aliphatic carbocycles. The zero-order chi connectivity index (χ0) is 84.7. The average Bonchev–Trinajstić information content (AvgIpc) is 1.64. The summed E-state index contributed by atoms with van der Waals surface area (Å²) < 4.78 is 61.6. The summed E-state index contributed by atoms with van der Waals surface area (Å²) in [6.45, 7) is 14.5. The van der Waals surface area contributed by atoms with Crippen LogP contribution >= 0.6 is 116 Å². The number of aliphatic carboxylic acids is 1. The summed E-state index contributed by atoms with van der Waals surface area (Å²) in [5.41, 5.74) is 10.5. The van der Waals surface area contributed by atoms with Crippen molar-refractivity contribution in [3.8, 4) is 0 Å². The Morgan fingerprint density at radius 1 is 0.440 bits per heavy atom. The minimum absolute atomic E-state index is 0.0176. The largest absolute Gasteiger partial charge is 0.480 e. The molecule has 6 N–H and O–H groups in total. The zero-order valence-electron chi connectivity index (χ0n) is 62.6. The number of rotatable bonds is 15. The molecule has 0 saturated carbocycles. The van der Waals surface area contributed by atoms with Gasteiger partial charge in [0, 0.05) is 66.7 Å². The number of alkyl halides is 1. The van der Waals surface area contributed by atoms with E-state index in [0.717, 1.165) is 25.7 Å². The summed E-state index contributed by atoms with van der Waals surface area (Å²) in [6.07, 6.45) is 7.62. The van der Waals surface area contributed by atoms with Crippen molar-refractivity contribution in [2.45, 2.75) is 212 Å². The van der Waals surface area contributed by atoms with Crippen LogP contribution in [0.25, 0.3) is 55.8 Å². The summed E-state index contributed by atoms with van der Waals surface area (Å²) in [6, 6.07) is 0. The summed E-state index contributed by atoms with van der Waals surface area (Å²) in [4.78, 5) is 127. The number of H-pyrrole nitrogens is 1. The van der Waals surface area contributed by atoms with Crippen LogP contribution in [0.1, 0.15) is 145 Å². The Balaban J connectivity index is 0.000000159. The van der Waals surface area contributed by atoms with Crippen LogP contribution in [0.5, 0.6) is 0 Å². The van der Waals surface area contributed by atoms with Crippen LogP contribution in [0, 0.1) is 0 Å². The smallest absolute Gasteiger partial charge is 0.318 e. The van der Waals surface area contributed by atoms with Crippen molar-refractivity contribution in [2.24, 2.45) is 0 Å². The van der Waals surface area contributed by atoms with Gasteiger partial charge in [-0.25, -0.2) is 44.9 Å². The third-order valence-electron chi connectivity index (χ3n) is 17.3. The highest BCUT2D eigenvalue weighted by molar-refractivity contribution is 6.37. The van der Waals surface area contributed by atoms with E-state index >= 15 is 0 Å². The van der Waals surface area contributed by atoms with Crippen molar-refractivity contribution in [1.29, 1.82) is 0 Å². The Bertz CT molecular complexity index is 4820. The molecule has 15 heterocycles. The second-order valence-corrected chi connectivity index (χ2v) is 28.7. The number of ether oxygens (including phenoxy) is 10. The van der Waals surface area contributed by atoms with Crippen LogP contribution in [-0.2, 0) is 76.1 Å². The lowest BCUT2D eigenvalue weighted by Gasteiger charge is -2.15. The Labute approximate surface area is 707 Å². The van der Waals surface area contributed by atoms with Gasteiger partial charge in [0.05, 0.1) is 68.8 Å². The highest BCUT2D eigenvalue weighted by atomic mass is 35.5. The molecule has 628 valence electrons. The van der Waals surface area contributed by atoms with Crippen LogP contribution in [0.3, 0.4) is 0 Å².